The van der Waals surface area contributed by atoms with Crippen LogP contribution in [0.5, 0.6) is 0 Å². The van der Waals surface area contributed by atoms with E-state index in [2.05, 4.69) is 16.0 Å². The fraction of sp³-hybridized carbons (Fsp3) is 0.250. The molecule has 0 saturated heterocycles. The van der Waals surface area contributed by atoms with Gasteiger partial charge in [-0.3, -0.25) is 14.4 Å². The number of benzene rings is 3. The minimum atomic E-state index is -1.15. The molecule has 4 rings (SSSR count). The van der Waals surface area contributed by atoms with E-state index in [1.54, 1.807) is 25.2 Å². The predicted octanol–water partition coefficient (Wildman–Crippen LogP) is 3.25. The van der Waals surface area contributed by atoms with E-state index in [1.807, 2.05) is 72.1 Å². The molecule has 2 atom stereocenters. The van der Waals surface area contributed by atoms with Crippen LogP contribution in [0.1, 0.15) is 25.0 Å². The number of carbonyl (C=O) groups is 3. The average molecular weight is 503 g/mol. The van der Waals surface area contributed by atoms with Crippen molar-refractivity contribution in [3.05, 3.63) is 83.2 Å². The SMILES string of the molecule is CC(C)(N)C(=O)N[C@H](Cc1ccc2ccccc2c1)C(=O)N[C@H](Cc1csc2ccccc12)NC=O. The smallest absolute Gasteiger partial charge is 0.244 e. The predicted molar refractivity (Wildman–Crippen MR) is 145 cm³/mol. The first kappa shape index (κ1) is 25.3. The summed E-state index contributed by atoms with van der Waals surface area (Å²) in [5.74, 6) is -0.841. The van der Waals surface area contributed by atoms with E-state index in [0.717, 1.165) is 32.0 Å². The normalized spacial score (nSPS) is 13.2. The molecule has 0 aliphatic carbocycles. The Morgan fingerprint density at radius 1 is 0.972 bits per heavy atom. The first-order valence-corrected chi connectivity index (χ1v) is 12.7. The Bertz CT molecular complexity index is 1390. The summed E-state index contributed by atoms with van der Waals surface area (Å²) < 4.78 is 1.13. The number of hydrogen-bond donors (Lipinski definition) is 4. The molecule has 5 N–H and O–H groups in total. The second kappa shape index (κ2) is 10.9. The number of nitrogens with one attached hydrogen (secondary N) is 3. The van der Waals surface area contributed by atoms with E-state index in [9.17, 15) is 14.4 Å². The molecule has 7 nitrogen and oxygen atoms in total. The quantitative estimate of drug-likeness (QED) is 0.197. The summed E-state index contributed by atoms with van der Waals surface area (Å²) in [6, 6.07) is 21.0. The molecule has 0 unspecified atom stereocenters. The molecular weight excluding hydrogens is 472 g/mol. The fourth-order valence-electron chi connectivity index (χ4n) is 4.07. The van der Waals surface area contributed by atoms with Crippen LogP contribution in [0.4, 0.5) is 0 Å². The highest BCUT2D eigenvalue weighted by Crippen LogP contribution is 2.26. The van der Waals surface area contributed by atoms with Gasteiger partial charge < -0.3 is 21.7 Å². The summed E-state index contributed by atoms with van der Waals surface area (Å²) in [4.78, 5) is 37.5. The lowest BCUT2D eigenvalue weighted by molar-refractivity contribution is -0.131. The van der Waals surface area contributed by atoms with Gasteiger partial charge in [-0.05, 0) is 52.6 Å². The Morgan fingerprint density at radius 2 is 1.69 bits per heavy atom. The Kier molecular flexibility index (Phi) is 7.67. The molecule has 0 radical (unpaired) electrons. The molecule has 0 saturated carbocycles. The summed E-state index contributed by atoms with van der Waals surface area (Å²) in [5, 5.41) is 13.6. The van der Waals surface area contributed by atoms with Crippen molar-refractivity contribution in [2.45, 2.75) is 44.4 Å². The second-order valence-corrected chi connectivity index (χ2v) is 10.4. The maximum absolute atomic E-state index is 13.4. The fourth-order valence-corrected chi connectivity index (χ4v) is 5.05. The van der Waals surface area contributed by atoms with E-state index < -0.39 is 29.6 Å². The van der Waals surface area contributed by atoms with Gasteiger partial charge in [0.05, 0.1) is 5.54 Å². The third kappa shape index (κ3) is 6.08. The number of hydrogen-bond acceptors (Lipinski definition) is 5. The summed E-state index contributed by atoms with van der Waals surface area (Å²) in [7, 11) is 0. The van der Waals surface area contributed by atoms with Crippen LogP contribution in [0.2, 0.25) is 0 Å². The number of nitrogens with two attached hydrogens (primary N) is 1. The lowest BCUT2D eigenvalue weighted by Crippen LogP contribution is -2.59. The van der Waals surface area contributed by atoms with Crippen molar-refractivity contribution in [2.24, 2.45) is 5.73 Å². The topological polar surface area (TPSA) is 113 Å². The molecular formula is C28H30N4O3S. The van der Waals surface area contributed by atoms with Gasteiger partial charge in [-0.25, -0.2) is 0 Å². The molecule has 186 valence electrons. The molecule has 0 fully saturated rings. The van der Waals surface area contributed by atoms with Crippen LogP contribution in [-0.2, 0) is 27.2 Å². The highest BCUT2D eigenvalue weighted by molar-refractivity contribution is 7.17. The molecule has 0 aliphatic rings. The first-order chi connectivity index (χ1) is 17.2. The van der Waals surface area contributed by atoms with Crippen molar-refractivity contribution >= 4 is 50.4 Å². The van der Waals surface area contributed by atoms with Gasteiger partial charge in [-0.15, -0.1) is 11.3 Å². The molecule has 1 aromatic heterocycles. The van der Waals surface area contributed by atoms with Gasteiger partial charge in [0.15, 0.2) is 0 Å². The van der Waals surface area contributed by atoms with Crippen LogP contribution >= 0.6 is 11.3 Å². The van der Waals surface area contributed by atoms with E-state index in [0.29, 0.717) is 12.8 Å². The van der Waals surface area contributed by atoms with E-state index in [1.165, 1.54) is 0 Å². The third-order valence-electron chi connectivity index (χ3n) is 6.03. The highest BCUT2D eigenvalue weighted by atomic mass is 32.1. The lowest BCUT2D eigenvalue weighted by atomic mass is 9.99. The average Bonchev–Trinajstić information content (AvgIpc) is 3.25. The van der Waals surface area contributed by atoms with Crippen molar-refractivity contribution in [1.82, 2.24) is 16.0 Å². The molecule has 1 heterocycles. The lowest BCUT2D eigenvalue weighted by Gasteiger charge is -2.26. The van der Waals surface area contributed by atoms with Gasteiger partial charge in [-0.2, -0.15) is 0 Å². The maximum Gasteiger partial charge on any atom is 0.244 e. The summed E-state index contributed by atoms with van der Waals surface area (Å²) in [5.41, 5.74) is 6.75. The van der Waals surface area contributed by atoms with Crippen LogP contribution in [-0.4, -0.2) is 36.0 Å². The monoisotopic (exact) mass is 502 g/mol. The van der Waals surface area contributed by atoms with E-state index in [-0.39, 0.29) is 6.42 Å². The van der Waals surface area contributed by atoms with Crippen LogP contribution in [0, 0.1) is 0 Å². The Balaban J connectivity index is 1.55. The molecule has 0 aliphatic heterocycles. The third-order valence-corrected chi connectivity index (χ3v) is 7.04. The number of carbonyl (C=O) groups excluding carboxylic acids is 3. The van der Waals surface area contributed by atoms with Gasteiger partial charge >= 0.3 is 0 Å². The molecule has 0 spiro atoms. The number of rotatable bonds is 10. The number of amides is 3. The molecule has 3 aromatic carbocycles. The molecule has 36 heavy (non-hydrogen) atoms. The van der Waals surface area contributed by atoms with Crippen LogP contribution < -0.4 is 21.7 Å². The zero-order valence-corrected chi connectivity index (χ0v) is 21.1. The molecule has 8 heteroatoms. The summed E-state index contributed by atoms with van der Waals surface area (Å²) >= 11 is 1.61. The van der Waals surface area contributed by atoms with Crippen LogP contribution in [0.15, 0.2) is 72.1 Å². The maximum atomic E-state index is 13.4. The highest BCUT2D eigenvalue weighted by Gasteiger charge is 2.29. The van der Waals surface area contributed by atoms with Crippen molar-refractivity contribution < 1.29 is 14.4 Å². The number of fused-ring (bicyclic) bond motifs is 2. The van der Waals surface area contributed by atoms with Gasteiger partial charge in [0.1, 0.15) is 12.2 Å². The molecule has 4 aromatic rings. The van der Waals surface area contributed by atoms with Crippen molar-refractivity contribution in [3.63, 3.8) is 0 Å². The standard InChI is InChI=1S/C28H30N4O3S/c1-28(2,29)27(35)31-23(14-18-11-12-19-7-3-4-8-20(19)13-18)26(34)32-25(30-17-33)15-21-16-36-24-10-6-5-9-22(21)24/h3-13,16-17,23,25H,14-15,29H2,1-2H3,(H,30,33)(H,31,35)(H,32,34)/t23-,25-/m1/s1. The zero-order valence-electron chi connectivity index (χ0n) is 20.3. The van der Waals surface area contributed by atoms with Crippen molar-refractivity contribution in [1.29, 1.82) is 0 Å². The van der Waals surface area contributed by atoms with Crippen molar-refractivity contribution in [3.8, 4) is 0 Å². The Morgan fingerprint density at radius 3 is 2.44 bits per heavy atom. The Labute approximate surface area is 214 Å². The zero-order chi connectivity index (χ0) is 25.7. The number of thiophene rings is 1. The minimum absolute atomic E-state index is 0.272. The van der Waals surface area contributed by atoms with Gasteiger partial charge in [0, 0.05) is 17.5 Å². The Hall–Kier alpha value is -3.75. The second-order valence-electron chi connectivity index (χ2n) is 9.44. The van der Waals surface area contributed by atoms with Crippen LogP contribution in [0.25, 0.3) is 20.9 Å². The summed E-state index contributed by atoms with van der Waals surface area (Å²) in [6.07, 6.45) is 0.607. The minimum Gasteiger partial charge on any atom is -0.342 e. The molecule has 0 bridgehead atoms. The van der Waals surface area contributed by atoms with E-state index in [4.69, 9.17) is 5.73 Å². The van der Waals surface area contributed by atoms with E-state index >= 15 is 0 Å². The molecule has 3 amide bonds. The van der Waals surface area contributed by atoms with Gasteiger partial charge in [-0.1, -0.05) is 60.7 Å². The largest absolute Gasteiger partial charge is 0.342 e. The van der Waals surface area contributed by atoms with Gasteiger partial charge in [0.25, 0.3) is 0 Å². The van der Waals surface area contributed by atoms with Gasteiger partial charge in [0.2, 0.25) is 18.2 Å². The summed E-state index contributed by atoms with van der Waals surface area (Å²) in [6.45, 7) is 3.18. The first-order valence-electron chi connectivity index (χ1n) is 11.8. The van der Waals surface area contributed by atoms with Crippen molar-refractivity contribution in [2.75, 3.05) is 0 Å². The van der Waals surface area contributed by atoms with Crippen LogP contribution in [0.3, 0.4) is 0 Å².